The van der Waals surface area contributed by atoms with Gasteiger partial charge in [-0.15, -0.1) is 0 Å². The molecular formula is C12H15FN2O3. The normalized spacial score (nSPS) is 18.6. The van der Waals surface area contributed by atoms with Crippen LogP contribution >= 0.6 is 0 Å². The van der Waals surface area contributed by atoms with Crippen molar-refractivity contribution in [3.8, 4) is 0 Å². The van der Waals surface area contributed by atoms with Crippen molar-refractivity contribution in [3.05, 3.63) is 39.7 Å². The number of nitrogens with zero attached hydrogens (tertiary/aromatic N) is 1. The maximum Gasteiger partial charge on any atom is 0.269 e. The van der Waals surface area contributed by atoms with Gasteiger partial charge in [-0.25, -0.2) is 4.39 Å². The Hall–Kier alpha value is -1.53. The van der Waals surface area contributed by atoms with E-state index in [4.69, 9.17) is 10.5 Å². The van der Waals surface area contributed by atoms with Gasteiger partial charge in [0, 0.05) is 37.0 Å². The van der Waals surface area contributed by atoms with E-state index >= 15 is 0 Å². The molecule has 1 aliphatic heterocycles. The van der Waals surface area contributed by atoms with Crippen LogP contribution in [0.2, 0.25) is 0 Å². The van der Waals surface area contributed by atoms with Gasteiger partial charge in [0.25, 0.3) is 5.69 Å². The topological polar surface area (TPSA) is 78.4 Å². The van der Waals surface area contributed by atoms with Gasteiger partial charge in [0.15, 0.2) is 0 Å². The lowest BCUT2D eigenvalue weighted by Crippen LogP contribution is -2.28. The average Bonchev–Trinajstić information content (AvgIpc) is 2.39. The lowest BCUT2D eigenvalue weighted by Gasteiger charge is -2.27. The third kappa shape index (κ3) is 2.65. The summed E-state index contributed by atoms with van der Waals surface area (Å²) in [5, 5.41) is 10.7. The molecule has 1 atom stereocenters. The van der Waals surface area contributed by atoms with E-state index in [1.165, 1.54) is 6.07 Å². The molecule has 0 spiro atoms. The van der Waals surface area contributed by atoms with Crippen molar-refractivity contribution in [2.45, 2.75) is 18.9 Å². The van der Waals surface area contributed by atoms with Crippen LogP contribution in [0, 0.1) is 21.8 Å². The molecular weight excluding hydrogens is 239 g/mol. The molecule has 1 aliphatic rings. The molecule has 0 amide bonds. The van der Waals surface area contributed by atoms with Crippen molar-refractivity contribution in [2.75, 3.05) is 13.2 Å². The van der Waals surface area contributed by atoms with Crippen LogP contribution in [0.5, 0.6) is 0 Å². The van der Waals surface area contributed by atoms with Gasteiger partial charge in [0.05, 0.1) is 4.92 Å². The Morgan fingerprint density at radius 1 is 1.44 bits per heavy atom. The van der Waals surface area contributed by atoms with Crippen molar-refractivity contribution < 1.29 is 14.1 Å². The maximum absolute atomic E-state index is 13.7. The van der Waals surface area contributed by atoms with Crippen LogP contribution in [0.25, 0.3) is 0 Å². The third-order valence-corrected chi connectivity index (χ3v) is 3.32. The quantitative estimate of drug-likeness (QED) is 0.662. The molecule has 18 heavy (non-hydrogen) atoms. The standard InChI is InChI=1S/C12H15FN2O3/c13-11-2-1-9(15(16)17)7-10(11)12(14)8-3-5-18-6-4-8/h1-2,7-8,12H,3-6,14H2/t12-/m0/s1. The van der Waals surface area contributed by atoms with Gasteiger partial charge in [-0.3, -0.25) is 10.1 Å². The van der Waals surface area contributed by atoms with E-state index in [0.29, 0.717) is 13.2 Å². The van der Waals surface area contributed by atoms with Crippen LogP contribution in [0.15, 0.2) is 18.2 Å². The second kappa shape index (κ2) is 5.41. The van der Waals surface area contributed by atoms with E-state index in [-0.39, 0.29) is 17.2 Å². The highest BCUT2D eigenvalue weighted by Gasteiger charge is 2.25. The van der Waals surface area contributed by atoms with Crippen molar-refractivity contribution >= 4 is 5.69 Å². The molecule has 6 heteroatoms. The number of benzene rings is 1. The molecule has 1 aromatic rings. The van der Waals surface area contributed by atoms with Gasteiger partial charge in [-0.2, -0.15) is 0 Å². The first-order valence-electron chi connectivity index (χ1n) is 5.86. The number of hydrogen-bond acceptors (Lipinski definition) is 4. The van der Waals surface area contributed by atoms with Crippen LogP contribution in [-0.2, 0) is 4.74 Å². The molecule has 98 valence electrons. The van der Waals surface area contributed by atoms with Crippen molar-refractivity contribution in [3.63, 3.8) is 0 Å². The van der Waals surface area contributed by atoms with Crippen molar-refractivity contribution in [2.24, 2.45) is 11.7 Å². The summed E-state index contributed by atoms with van der Waals surface area (Å²) >= 11 is 0. The molecule has 1 saturated heterocycles. The number of nitrogens with two attached hydrogens (primary N) is 1. The minimum atomic E-state index is -0.542. The van der Waals surface area contributed by atoms with E-state index in [9.17, 15) is 14.5 Å². The lowest BCUT2D eigenvalue weighted by atomic mass is 9.87. The van der Waals surface area contributed by atoms with Gasteiger partial charge < -0.3 is 10.5 Å². The first-order valence-corrected chi connectivity index (χ1v) is 5.86. The summed E-state index contributed by atoms with van der Waals surface area (Å²) in [5.41, 5.74) is 6.11. The predicted octanol–water partition coefficient (Wildman–Crippen LogP) is 2.16. The summed E-state index contributed by atoms with van der Waals surface area (Å²) in [6.45, 7) is 1.21. The molecule has 1 fully saturated rings. The van der Waals surface area contributed by atoms with Gasteiger partial charge in [-0.1, -0.05) is 0 Å². The predicted molar refractivity (Wildman–Crippen MR) is 63.5 cm³/mol. The van der Waals surface area contributed by atoms with Crippen LogP contribution in [0.3, 0.4) is 0 Å². The monoisotopic (exact) mass is 254 g/mol. The fourth-order valence-electron chi connectivity index (χ4n) is 2.23. The van der Waals surface area contributed by atoms with Gasteiger partial charge in [-0.05, 0) is 24.8 Å². The Bertz CT molecular complexity index is 447. The summed E-state index contributed by atoms with van der Waals surface area (Å²) in [6, 6.07) is 2.96. The molecule has 5 nitrogen and oxygen atoms in total. The fourth-order valence-corrected chi connectivity index (χ4v) is 2.23. The summed E-state index contributed by atoms with van der Waals surface area (Å²) in [7, 11) is 0. The first kappa shape index (κ1) is 12.9. The second-order valence-corrected chi connectivity index (χ2v) is 4.44. The Morgan fingerprint density at radius 3 is 2.72 bits per heavy atom. The summed E-state index contributed by atoms with van der Waals surface area (Å²) in [5.74, 6) is -0.380. The van der Waals surface area contributed by atoms with E-state index < -0.39 is 16.8 Å². The van der Waals surface area contributed by atoms with Crippen LogP contribution in [0.4, 0.5) is 10.1 Å². The summed E-state index contributed by atoms with van der Waals surface area (Å²) in [4.78, 5) is 10.1. The van der Waals surface area contributed by atoms with E-state index in [2.05, 4.69) is 0 Å². The zero-order valence-electron chi connectivity index (χ0n) is 9.84. The number of nitro benzene ring substituents is 1. The zero-order valence-corrected chi connectivity index (χ0v) is 9.84. The van der Waals surface area contributed by atoms with Crippen LogP contribution < -0.4 is 5.73 Å². The average molecular weight is 254 g/mol. The molecule has 1 aromatic carbocycles. The van der Waals surface area contributed by atoms with E-state index in [1.54, 1.807) is 0 Å². The SMILES string of the molecule is N[C@H](c1cc([N+](=O)[O-])ccc1F)C1CCOCC1. The highest BCUT2D eigenvalue weighted by atomic mass is 19.1. The highest BCUT2D eigenvalue weighted by Crippen LogP contribution is 2.31. The summed E-state index contributed by atoms with van der Waals surface area (Å²) in [6.07, 6.45) is 1.51. The molecule has 0 radical (unpaired) electrons. The second-order valence-electron chi connectivity index (χ2n) is 4.44. The smallest absolute Gasteiger partial charge is 0.269 e. The molecule has 2 rings (SSSR count). The number of non-ortho nitro benzene ring substituents is 1. The molecule has 0 aromatic heterocycles. The Labute approximate surface area is 104 Å². The first-order chi connectivity index (χ1) is 8.59. The number of ether oxygens (including phenoxy) is 1. The fraction of sp³-hybridized carbons (Fsp3) is 0.500. The highest BCUT2D eigenvalue weighted by molar-refractivity contribution is 5.37. The van der Waals surface area contributed by atoms with Gasteiger partial charge >= 0.3 is 0 Å². The molecule has 0 aliphatic carbocycles. The zero-order chi connectivity index (χ0) is 13.1. The van der Waals surface area contributed by atoms with Crippen molar-refractivity contribution in [1.82, 2.24) is 0 Å². The van der Waals surface area contributed by atoms with E-state index in [0.717, 1.165) is 25.0 Å². The molecule has 1 heterocycles. The van der Waals surface area contributed by atoms with Crippen molar-refractivity contribution in [1.29, 1.82) is 0 Å². The molecule has 0 bridgehead atoms. The number of halogens is 1. The maximum atomic E-state index is 13.7. The third-order valence-electron chi connectivity index (χ3n) is 3.32. The summed E-state index contributed by atoms with van der Waals surface area (Å²) < 4.78 is 18.9. The number of hydrogen-bond donors (Lipinski definition) is 1. The Balaban J connectivity index is 2.25. The molecule has 0 saturated carbocycles. The lowest BCUT2D eigenvalue weighted by molar-refractivity contribution is -0.385. The molecule has 0 unspecified atom stereocenters. The Kier molecular flexibility index (Phi) is 3.88. The van der Waals surface area contributed by atoms with Crippen LogP contribution in [0.1, 0.15) is 24.4 Å². The van der Waals surface area contributed by atoms with Gasteiger partial charge in [0.1, 0.15) is 5.82 Å². The largest absolute Gasteiger partial charge is 0.381 e. The van der Waals surface area contributed by atoms with E-state index in [1.807, 2.05) is 0 Å². The van der Waals surface area contributed by atoms with Gasteiger partial charge in [0.2, 0.25) is 0 Å². The van der Waals surface area contributed by atoms with Crippen LogP contribution in [-0.4, -0.2) is 18.1 Å². The molecule has 2 N–H and O–H groups in total. The number of rotatable bonds is 3. The minimum absolute atomic E-state index is 0.107. The Morgan fingerprint density at radius 2 is 2.11 bits per heavy atom. The number of nitro groups is 1. The minimum Gasteiger partial charge on any atom is -0.381 e.